The molecule has 1 aliphatic rings. The van der Waals surface area contributed by atoms with Gasteiger partial charge in [0, 0.05) is 10.8 Å². The molecule has 12 heavy (non-hydrogen) atoms. The summed E-state index contributed by atoms with van der Waals surface area (Å²) in [6.07, 6.45) is -0.144. The van der Waals surface area contributed by atoms with Gasteiger partial charge >= 0.3 is 0 Å². The second kappa shape index (κ2) is 2.71. The zero-order valence-electron chi connectivity index (χ0n) is 8.72. The first-order valence-electron chi connectivity index (χ1n) is 4.58. The molecule has 0 amide bonds. The Morgan fingerprint density at radius 1 is 1.25 bits per heavy atom. The molecule has 2 nitrogen and oxygen atoms in total. The molecular weight excluding hydrogens is 152 g/mol. The van der Waals surface area contributed by atoms with Gasteiger partial charge in [0.15, 0.2) is 0 Å². The second-order valence-corrected chi connectivity index (χ2v) is 5.17. The molecule has 1 rings (SSSR count). The van der Waals surface area contributed by atoms with Crippen LogP contribution in [0.4, 0.5) is 0 Å². The second-order valence-electron chi connectivity index (χ2n) is 5.17. The highest BCUT2D eigenvalue weighted by Gasteiger charge is 2.47. The fourth-order valence-corrected chi connectivity index (χ4v) is 1.86. The van der Waals surface area contributed by atoms with E-state index in [-0.39, 0.29) is 23.0 Å². The monoisotopic (exact) mass is 172 g/mol. The van der Waals surface area contributed by atoms with Gasteiger partial charge in [0.1, 0.15) is 0 Å². The van der Waals surface area contributed by atoms with Crippen LogP contribution in [0.3, 0.4) is 0 Å². The van der Waals surface area contributed by atoms with E-state index in [0.29, 0.717) is 6.61 Å². The van der Waals surface area contributed by atoms with Crippen molar-refractivity contribution >= 4 is 0 Å². The number of aliphatic hydroxyl groups excluding tert-OH is 1. The largest absolute Gasteiger partial charge is 0.392 e. The lowest BCUT2D eigenvalue weighted by molar-refractivity contribution is -0.193. The van der Waals surface area contributed by atoms with Crippen LogP contribution in [-0.2, 0) is 4.74 Å². The maximum Gasteiger partial charge on any atom is 0.0688 e. The molecule has 0 aliphatic carbocycles. The third-order valence-corrected chi connectivity index (χ3v) is 3.20. The molecule has 0 bridgehead atoms. The maximum atomic E-state index is 10.1. The lowest BCUT2D eigenvalue weighted by Crippen LogP contribution is -2.55. The van der Waals surface area contributed by atoms with E-state index in [1.807, 2.05) is 20.8 Å². The third kappa shape index (κ3) is 1.38. The average Bonchev–Trinajstić information content (AvgIpc) is 1.96. The lowest BCUT2D eigenvalue weighted by atomic mass is 9.68. The van der Waals surface area contributed by atoms with Crippen molar-refractivity contribution in [1.29, 1.82) is 0 Å². The van der Waals surface area contributed by atoms with Crippen molar-refractivity contribution in [2.75, 3.05) is 6.61 Å². The molecule has 0 radical (unpaired) electrons. The molecule has 1 aliphatic heterocycles. The lowest BCUT2D eigenvalue weighted by Gasteiger charge is -2.49. The quantitative estimate of drug-likeness (QED) is 0.604. The normalized spacial score (nSPS) is 39.5. The maximum absolute atomic E-state index is 10.1. The molecule has 1 saturated heterocycles. The molecule has 0 aromatic rings. The first-order chi connectivity index (χ1) is 5.28. The molecule has 2 atom stereocenters. The first kappa shape index (κ1) is 10.0. The first-order valence-corrected chi connectivity index (χ1v) is 4.58. The van der Waals surface area contributed by atoms with Crippen molar-refractivity contribution in [1.82, 2.24) is 0 Å². The number of rotatable bonds is 0. The minimum absolute atomic E-state index is 0.115. The Balaban J connectivity index is 2.86. The Labute approximate surface area is 74.9 Å². The molecular formula is C10H20O2. The van der Waals surface area contributed by atoms with E-state index < -0.39 is 0 Å². The minimum atomic E-state index is -0.284. The van der Waals surface area contributed by atoms with Gasteiger partial charge in [-0.05, 0) is 6.92 Å². The highest BCUT2D eigenvalue weighted by Crippen LogP contribution is 2.42. The summed E-state index contributed by atoms with van der Waals surface area (Å²) < 4.78 is 5.62. The van der Waals surface area contributed by atoms with Gasteiger partial charge in [-0.1, -0.05) is 27.7 Å². The van der Waals surface area contributed by atoms with E-state index in [2.05, 4.69) is 13.8 Å². The van der Waals surface area contributed by atoms with Crippen molar-refractivity contribution < 1.29 is 9.84 Å². The molecule has 0 aromatic carbocycles. The van der Waals surface area contributed by atoms with Crippen LogP contribution < -0.4 is 0 Å². The molecule has 0 aromatic heterocycles. The predicted molar refractivity (Wildman–Crippen MR) is 49.0 cm³/mol. The van der Waals surface area contributed by atoms with Gasteiger partial charge in [-0.15, -0.1) is 0 Å². The molecule has 1 heterocycles. The summed E-state index contributed by atoms with van der Waals surface area (Å²) >= 11 is 0. The van der Waals surface area contributed by atoms with Gasteiger partial charge in [0.25, 0.3) is 0 Å². The summed E-state index contributed by atoms with van der Waals surface area (Å²) in [6, 6.07) is 0. The fraction of sp³-hybridized carbons (Fsp3) is 1.00. The highest BCUT2D eigenvalue weighted by molar-refractivity contribution is 4.96. The Kier molecular flexibility index (Phi) is 2.26. The van der Waals surface area contributed by atoms with Crippen LogP contribution in [0.15, 0.2) is 0 Å². The van der Waals surface area contributed by atoms with Gasteiger partial charge in [-0.2, -0.15) is 0 Å². The Morgan fingerprint density at radius 3 is 2.17 bits per heavy atom. The Bertz CT molecular complexity index is 173. The fourth-order valence-electron chi connectivity index (χ4n) is 1.86. The van der Waals surface area contributed by atoms with Crippen LogP contribution in [0, 0.1) is 10.8 Å². The van der Waals surface area contributed by atoms with Gasteiger partial charge in [-0.25, -0.2) is 0 Å². The van der Waals surface area contributed by atoms with Crippen LogP contribution in [0.2, 0.25) is 0 Å². The van der Waals surface area contributed by atoms with Crippen LogP contribution in [0.5, 0.6) is 0 Å². The topological polar surface area (TPSA) is 29.5 Å². The van der Waals surface area contributed by atoms with Crippen molar-refractivity contribution in [3.63, 3.8) is 0 Å². The number of hydrogen-bond acceptors (Lipinski definition) is 2. The standard InChI is InChI=1S/C10H20O2/c1-7-10(4,5)8(11)9(2,3)6-12-7/h7-8,11H,6H2,1-5H3/t7?,8-/m0/s1. The molecule has 72 valence electrons. The van der Waals surface area contributed by atoms with Gasteiger partial charge in [-0.3, -0.25) is 0 Å². The number of aliphatic hydroxyl groups is 1. The summed E-state index contributed by atoms with van der Waals surface area (Å²) in [7, 11) is 0. The van der Waals surface area contributed by atoms with Crippen LogP contribution in [0.25, 0.3) is 0 Å². The zero-order chi connectivity index (χ0) is 9.57. The predicted octanol–water partition coefficient (Wildman–Crippen LogP) is 1.82. The van der Waals surface area contributed by atoms with Crippen molar-refractivity contribution in [2.45, 2.75) is 46.8 Å². The van der Waals surface area contributed by atoms with Gasteiger partial charge in [0.05, 0.1) is 18.8 Å². The van der Waals surface area contributed by atoms with Crippen LogP contribution in [-0.4, -0.2) is 23.9 Å². The summed E-state index contributed by atoms with van der Waals surface area (Å²) in [5.41, 5.74) is -0.252. The average molecular weight is 172 g/mol. The van der Waals surface area contributed by atoms with E-state index in [1.54, 1.807) is 0 Å². The molecule has 0 spiro atoms. The molecule has 1 N–H and O–H groups in total. The zero-order valence-corrected chi connectivity index (χ0v) is 8.72. The Morgan fingerprint density at radius 2 is 1.75 bits per heavy atom. The van der Waals surface area contributed by atoms with Crippen molar-refractivity contribution in [3.8, 4) is 0 Å². The third-order valence-electron chi connectivity index (χ3n) is 3.20. The summed E-state index contributed by atoms with van der Waals surface area (Å²) in [6.45, 7) is 10.9. The van der Waals surface area contributed by atoms with Gasteiger partial charge < -0.3 is 9.84 Å². The van der Waals surface area contributed by atoms with Crippen molar-refractivity contribution in [3.05, 3.63) is 0 Å². The van der Waals surface area contributed by atoms with E-state index in [1.165, 1.54) is 0 Å². The Hall–Kier alpha value is -0.0800. The van der Waals surface area contributed by atoms with Crippen LogP contribution >= 0.6 is 0 Å². The SMILES string of the molecule is CC1OCC(C)(C)[C@H](O)C1(C)C. The van der Waals surface area contributed by atoms with Gasteiger partial charge in [0.2, 0.25) is 0 Å². The van der Waals surface area contributed by atoms with E-state index in [4.69, 9.17) is 4.74 Å². The molecule has 1 unspecified atom stereocenters. The molecule has 2 heteroatoms. The number of hydrogen-bond donors (Lipinski definition) is 1. The van der Waals surface area contributed by atoms with E-state index in [9.17, 15) is 5.11 Å². The summed E-state index contributed by atoms with van der Waals surface area (Å²) in [5, 5.41) is 10.1. The summed E-state index contributed by atoms with van der Waals surface area (Å²) in [4.78, 5) is 0. The smallest absolute Gasteiger partial charge is 0.0688 e. The highest BCUT2D eigenvalue weighted by atomic mass is 16.5. The minimum Gasteiger partial charge on any atom is -0.392 e. The number of ether oxygens (including phenoxy) is 1. The van der Waals surface area contributed by atoms with Crippen molar-refractivity contribution in [2.24, 2.45) is 10.8 Å². The van der Waals surface area contributed by atoms with Crippen LogP contribution in [0.1, 0.15) is 34.6 Å². The molecule has 0 saturated carbocycles. The molecule has 1 fully saturated rings. The van der Waals surface area contributed by atoms with E-state index >= 15 is 0 Å². The summed E-state index contributed by atoms with van der Waals surface area (Å²) in [5.74, 6) is 0. The van der Waals surface area contributed by atoms with E-state index in [0.717, 1.165) is 0 Å².